The van der Waals surface area contributed by atoms with Crippen molar-refractivity contribution in [3.8, 4) is 0 Å². The fraction of sp³-hybridized carbons (Fsp3) is 0.333. The Balaban J connectivity index is 2.79. The van der Waals surface area contributed by atoms with Gasteiger partial charge < -0.3 is 10.2 Å². The number of hydrogen-bond donors (Lipinski definition) is 2. The smallest absolute Gasteiger partial charge is 0.0822 e. The van der Waals surface area contributed by atoms with Crippen LogP contribution in [0.25, 0.3) is 0 Å². The van der Waals surface area contributed by atoms with Gasteiger partial charge in [-0.1, -0.05) is 18.2 Å². The summed E-state index contributed by atoms with van der Waals surface area (Å²) in [6.45, 7) is 0.0200. The van der Waals surface area contributed by atoms with E-state index in [2.05, 4.69) is 22.6 Å². The summed E-state index contributed by atoms with van der Waals surface area (Å²) in [6.07, 6.45) is -0.136. The molecule has 0 bridgehead atoms. The fourth-order valence-corrected chi connectivity index (χ4v) is 1.77. The van der Waals surface area contributed by atoms with Gasteiger partial charge in [-0.05, 0) is 34.2 Å². The maximum absolute atomic E-state index is 9.54. The Morgan fingerprint density at radius 1 is 1.33 bits per heavy atom. The summed E-state index contributed by atoms with van der Waals surface area (Å²) in [7, 11) is 0. The van der Waals surface area contributed by atoms with Gasteiger partial charge in [-0.25, -0.2) is 0 Å². The number of rotatable bonds is 3. The Labute approximate surface area is 85.4 Å². The van der Waals surface area contributed by atoms with E-state index in [4.69, 9.17) is 5.11 Å². The Bertz CT molecular complexity index is 250. The minimum atomic E-state index is -0.539. The summed E-state index contributed by atoms with van der Waals surface area (Å²) >= 11 is 2.17. The Morgan fingerprint density at radius 2 is 2.00 bits per heavy atom. The number of hydrogen-bond acceptors (Lipinski definition) is 2. The minimum Gasteiger partial charge on any atom is -0.396 e. The van der Waals surface area contributed by atoms with Crippen molar-refractivity contribution in [2.24, 2.45) is 0 Å². The third-order valence-electron chi connectivity index (χ3n) is 1.67. The van der Waals surface area contributed by atoms with Crippen LogP contribution in [0.3, 0.4) is 0 Å². The zero-order chi connectivity index (χ0) is 8.97. The van der Waals surface area contributed by atoms with Crippen molar-refractivity contribution in [1.82, 2.24) is 0 Å². The van der Waals surface area contributed by atoms with Gasteiger partial charge in [0.05, 0.1) is 6.10 Å². The lowest BCUT2D eigenvalue weighted by Crippen LogP contribution is -2.01. The van der Waals surface area contributed by atoms with Crippen LogP contribution < -0.4 is 0 Å². The lowest BCUT2D eigenvalue weighted by atomic mass is 10.1. The van der Waals surface area contributed by atoms with E-state index in [9.17, 15) is 5.11 Å². The van der Waals surface area contributed by atoms with Crippen LogP contribution >= 0.6 is 22.6 Å². The first-order valence-electron chi connectivity index (χ1n) is 3.79. The van der Waals surface area contributed by atoms with E-state index < -0.39 is 6.10 Å². The molecule has 1 aromatic rings. The van der Waals surface area contributed by atoms with Crippen molar-refractivity contribution in [2.75, 3.05) is 6.61 Å². The molecule has 0 amide bonds. The molecular formula is C9H11IO2. The second kappa shape index (κ2) is 4.79. The molecule has 0 aliphatic heterocycles. The lowest BCUT2D eigenvalue weighted by Gasteiger charge is -2.10. The Kier molecular flexibility index (Phi) is 3.97. The highest BCUT2D eigenvalue weighted by Crippen LogP contribution is 2.21. The molecule has 0 spiro atoms. The molecule has 0 radical (unpaired) electrons. The fourth-order valence-electron chi connectivity index (χ4n) is 1.02. The Hall–Kier alpha value is -0.130. The first kappa shape index (κ1) is 9.95. The van der Waals surface area contributed by atoms with Crippen LogP contribution in [0.5, 0.6) is 0 Å². The molecule has 1 rings (SSSR count). The number of benzene rings is 1. The van der Waals surface area contributed by atoms with Gasteiger partial charge in [-0.15, -0.1) is 0 Å². The van der Waals surface area contributed by atoms with E-state index in [1.54, 1.807) is 0 Å². The van der Waals surface area contributed by atoms with E-state index in [-0.39, 0.29) is 6.61 Å². The first-order chi connectivity index (χ1) is 5.75. The van der Waals surface area contributed by atoms with Crippen LogP contribution in [0.15, 0.2) is 24.3 Å². The van der Waals surface area contributed by atoms with Gasteiger partial charge >= 0.3 is 0 Å². The van der Waals surface area contributed by atoms with Gasteiger partial charge in [-0.2, -0.15) is 0 Å². The highest BCUT2D eigenvalue weighted by molar-refractivity contribution is 14.1. The van der Waals surface area contributed by atoms with Gasteiger partial charge in [0.15, 0.2) is 0 Å². The summed E-state index contributed by atoms with van der Waals surface area (Å²) < 4.78 is 1.04. The summed E-state index contributed by atoms with van der Waals surface area (Å²) in [5, 5.41) is 18.2. The number of aliphatic hydroxyl groups excluding tert-OH is 2. The van der Waals surface area contributed by atoms with Crippen molar-refractivity contribution in [1.29, 1.82) is 0 Å². The van der Waals surface area contributed by atoms with Crippen molar-refractivity contribution in [3.63, 3.8) is 0 Å². The van der Waals surface area contributed by atoms with Crippen molar-refractivity contribution in [2.45, 2.75) is 12.5 Å². The topological polar surface area (TPSA) is 40.5 Å². The zero-order valence-corrected chi connectivity index (χ0v) is 8.73. The molecule has 3 heteroatoms. The van der Waals surface area contributed by atoms with Crippen LogP contribution in [0.2, 0.25) is 0 Å². The van der Waals surface area contributed by atoms with E-state index in [1.807, 2.05) is 24.3 Å². The third-order valence-corrected chi connectivity index (χ3v) is 2.65. The third kappa shape index (κ3) is 2.43. The second-order valence-corrected chi connectivity index (χ2v) is 3.71. The molecule has 0 saturated heterocycles. The normalized spacial score (nSPS) is 12.9. The largest absolute Gasteiger partial charge is 0.396 e. The molecule has 66 valence electrons. The molecular weight excluding hydrogens is 267 g/mol. The molecule has 1 atom stereocenters. The average molecular weight is 278 g/mol. The molecule has 2 N–H and O–H groups in total. The van der Waals surface area contributed by atoms with Crippen LogP contribution in [-0.2, 0) is 0 Å². The molecule has 0 saturated carbocycles. The van der Waals surface area contributed by atoms with Gasteiger partial charge in [0.1, 0.15) is 0 Å². The monoisotopic (exact) mass is 278 g/mol. The summed E-state index contributed by atoms with van der Waals surface area (Å²) in [6, 6.07) is 7.63. The SMILES string of the molecule is OCCC(O)c1ccccc1I. The molecule has 0 aliphatic rings. The quantitative estimate of drug-likeness (QED) is 0.826. The van der Waals surface area contributed by atoms with Crippen LogP contribution in [0, 0.1) is 3.57 Å². The van der Waals surface area contributed by atoms with Crippen molar-refractivity contribution in [3.05, 3.63) is 33.4 Å². The van der Waals surface area contributed by atoms with Crippen molar-refractivity contribution < 1.29 is 10.2 Å². The summed E-state index contributed by atoms with van der Waals surface area (Å²) in [5.41, 5.74) is 0.896. The van der Waals surface area contributed by atoms with E-state index >= 15 is 0 Å². The molecule has 0 aliphatic carbocycles. The zero-order valence-electron chi connectivity index (χ0n) is 6.57. The molecule has 1 aromatic carbocycles. The Morgan fingerprint density at radius 3 is 2.58 bits per heavy atom. The molecule has 1 unspecified atom stereocenters. The minimum absolute atomic E-state index is 0.0200. The maximum atomic E-state index is 9.54. The van der Waals surface area contributed by atoms with Gasteiger partial charge in [0.25, 0.3) is 0 Å². The van der Waals surface area contributed by atoms with Crippen molar-refractivity contribution >= 4 is 22.6 Å². The van der Waals surface area contributed by atoms with Gasteiger partial charge in [0, 0.05) is 16.6 Å². The standard InChI is InChI=1S/C9H11IO2/c10-8-4-2-1-3-7(8)9(12)5-6-11/h1-4,9,11-12H,5-6H2. The predicted molar refractivity (Wildman–Crippen MR) is 55.8 cm³/mol. The van der Waals surface area contributed by atoms with E-state index in [0.717, 1.165) is 9.13 Å². The number of aliphatic hydroxyl groups is 2. The molecule has 12 heavy (non-hydrogen) atoms. The van der Waals surface area contributed by atoms with Crippen LogP contribution in [-0.4, -0.2) is 16.8 Å². The van der Waals surface area contributed by atoms with Crippen LogP contribution in [0.1, 0.15) is 18.1 Å². The molecule has 2 nitrogen and oxygen atoms in total. The summed E-state index contributed by atoms with van der Waals surface area (Å²) in [4.78, 5) is 0. The van der Waals surface area contributed by atoms with Crippen LogP contribution in [0.4, 0.5) is 0 Å². The molecule has 0 fully saturated rings. The first-order valence-corrected chi connectivity index (χ1v) is 4.87. The molecule has 0 aromatic heterocycles. The maximum Gasteiger partial charge on any atom is 0.0822 e. The molecule has 0 heterocycles. The van der Waals surface area contributed by atoms with E-state index in [0.29, 0.717) is 6.42 Å². The number of halogens is 1. The predicted octanol–water partition coefficient (Wildman–Crippen LogP) is 1.71. The highest BCUT2D eigenvalue weighted by atomic mass is 127. The second-order valence-electron chi connectivity index (χ2n) is 2.55. The van der Waals surface area contributed by atoms with Gasteiger partial charge in [0.2, 0.25) is 0 Å². The van der Waals surface area contributed by atoms with E-state index in [1.165, 1.54) is 0 Å². The summed E-state index contributed by atoms with van der Waals surface area (Å²) in [5.74, 6) is 0. The average Bonchev–Trinajstić information content (AvgIpc) is 2.05. The highest BCUT2D eigenvalue weighted by Gasteiger charge is 2.08. The van der Waals surface area contributed by atoms with Gasteiger partial charge in [-0.3, -0.25) is 0 Å². The lowest BCUT2D eigenvalue weighted by molar-refractivity contribution is 0.133.